The Morgan fingerprint density at radius 2 is 2.44 bits per heavy atom. The fourth-order valence-corrected chi connectivity index (χ4v) is 2.28. The van der Waals surface area contributed by atoms with Gasteiger partial charge in [0.05, 0.1) is 4.92 Å². The van der Waals surface area contributed by atoms with Gasteiger partial charge in [-0.2, -0.15) is 0 Å². The molecule has 98 valence electrons. The number of anilines is 2. The van der Waals surface area contributed by atoms with Gasteiger partial charge in [-0.25, -0.2) is 4.98 Å². The van der Waals surface area contributed by atoms with Crippen molar-refractivity contribution < 1.29 is 4.92 Å². The van der Waals surface area contributed by atoms with Gasteiger partial charge in [0.15, 0.2) is 0 Å². The molecule has 0 aliphatic carbocycles. The molecule has 1 aliphatic heterocycles. The number of nitrogens with two attached hydrogens (primary N) is 1. The normalized spacial score (nSPS) is 19.2. The second kappa shape index (κ2) is 5.18. The lowest BCUT2D eigenvalue weighted by Crippen LogP contribution is -2.25. The summed E-state index contributed by atoms with van der Waals surface area (Å²) in [7, 11) is 1.94. The SMILES string of the molecule is CNCC1CCN(c2ccc([N+](=O)[O-])c(N)n2)C1. The van der Waals surface area contributed by atoms with Crippen molar-refractivity contribution in [3.8, 4) is 0 Å². The van der Waals surface area contributed by atoms with Gasteiger partial charge in [0.25, 0.3) is 0 Å². The number of nitro groups is 1. The van der Waals surface area contributed by atoms with Gasteiger partial charge in [-0.3, -0.25) is 10.1 Å². The van der Waals surface area contributed by atoms with Crippen LogP contribution in [0.3, 0.4) is 0 Å². The predicted octanol–water partition coefficient (Wildman–Crippen LogP) is 0.618. The largest absolute Gasteiger partial charge is 0.378 e. The molecule has 0 bridgehead atoms. The first-order valence-electron chi connectivity index (χ1n) is 5.92. The lowest BCUT2D eigenvalue weighted by Gasteiger charge is -2.17. The van der Waals surface area contributed by atoms with Crippen LogP contribution in [0.15, 0.2) is 12.1 Å². The summed E-state index contributed by atoms with van der Waals surface area (Å²) in [4.78, 5) is 16.4. The van der Waals surface area contributed by atoms with E-state index in [0.717, 1.165) is 31.9 Å². The first-order valence-corrected chi connectivity index (χ1v) is 5.92. The number of pyridine rings is 1. The fraction of sp³-hybridized carbons (Fsp3) is 0.545. The molecule has 1 aromatic heterocycles. The van der Waals surface area contributed by atoms with E-state index in [2.05, 4.69) is 15.2 Å². The topological polar surface area (TPSA) is 97.3 Å². The number of rotatable bonds is 4. The van der Waals surface area contributed by atoms with Crippen molar-refractivity contribution >= 4 is 17.3 Å². The van der Waals surface area contributed by atoms with E-state index in [1.54, 1.807) is 6.07 Å². The molecule has 2 rings (SSSR count). The highest BCUT2D eigenvalue weighted by atomic mass is 16.6. The van der Waals surface area contributed by atoms with E-state index in [4.69, 9.17) is 5.73 Å². The maximum absolute atomic E-state index is 10.7. The van der Waals surface area contributed by atoms with Gasteiger partial charge < -0.3 is 16.0 Å². The Morgan fingerprint density at radius 1 is 1.67 bits per heavy atom. The minimum Gasteiger partial charge on any atom is -0.378 e. The molecule has 1 saturated heterocycles. The monoisotopic (exact) mass is 251 g/mol. The lowest BCUT2D eigenvalue weighted by molar-refractivity contribution is -0.384. The van der Waals surface area contributed by atoms with Crippen LogP contribution in [0.4, 0.5) is 17.3 Å². The van der Waals surface area contributed by atoms with Crippen molar-refractivity contribution in [3.05, 3.63) is 22.2 Å². The highest BCUT2D eigenvalue weighted by Crippen LogP contribution is 2.26. The Bertz CT molecular complexity index is 451. The van der Waals surface area contributed by atoms with E-state index in [9.17, 15) is 10.1 Å². The third-order valence-electron chi connectivity index (χ3n) is 3.19. The van der Waals surface area contributed by atoms with E-state index in [1.807, 2.05) is 7.05 Å². The van der Waals surface area contributed by atoms with Crippen LogP contribution in [-0.2, 0) is 0 Å². The summed E-state index contributed by atoms with van der Waals surface area (Å²) >= 11 is 0. The molecule has 0 saturated carbocycles. The van der Waals surface area contributed by atoms with E-state index >= 15 is 0 Å². The zero-order valence-corrected chi connectivity index (χ0v) is 10.3. The highest BCUT2D eigenvalue weighted by Gasteiger charge is 2.24. The van der Waals surface area contributed by atoms with Gasteiger partial charge in [0.2, 0.25) is 5.82 Å². The molecule has 0 amide bonds. The maximum atomic E-state index is 10.7. The molecule has 0 aromatic carbocycles. The average molecular weight is 251 g/mol. The Morgan fingerprint density at radius 3 is 3.06 bits per heavy atom. The number of nitrogens with one attached hydrogen (secondary N) is 1. The van der Waals surface area contributed by atoms with Gasteiger partial charge in [0, 0.05) is 19.2 Å². The minimum atomic E-state index is -0.514. The number of hydrogen-bond donors (Lipinski definition) is 2. The fourth-order valence-electron chi connectivity index (χ4n) is 2.28. The number of hydrogen-bond acceptors (Lipinski definition) is 6. The molecular weight excluding hydrogens is 234 g/mol. The summed E-state index contributed by atoms with van der Waals surface area (Å²) in [5, 5.41) is 13.8. The molecule has 1 aliphatic rings. The molecule has 1 atom stereocenters. The smallest absolute Gasteiger partial charge is 0.311 e. The Hall–Kier alpha value is -1.89. The molecule has 0 spiro atoms. The van der Waals surface area contributed by atoms with Gasteiger partial charge in [-0.15, -0.1) is 0 Å². The van der Waals surface area contributed by atoms with Crippen LogP contribution in [0, 0.1) is 16.0 Å². The number of aromatic nitrogens is 1. The molecule has 18 heavy (non-hydrogen) atoms. The van der Waals surface area contributed by atoms with E-state index in [1.165, 1.54) is 6.07 Å². The van der Waals surface area contributed by atoms with Crippen LogP contribution in [-0.4, -0.2) is 36.6 Å². The van der Waals surface area contributed by atoms with Crippen LogP contribution in [0.5, 0.6) is 0 Å². The summed E-state index contributed by atoms with van der Waals surface area (Å²) in [6, 6.07) is 3.08. The number of nitrogens with zero attached hydrogens (tertiary/aromatic N) is 3. The Balaban J connectivity index is 2.11. The van der Waals surface area contributed by atoms with E-state index < -0.39 is 4.92 Å². The molecular formula is C11H17N5O2. The molecule has 2 heterocycles. The summed E-state index contributed by atoms with van der Waals surface area (Å²) in [6.07, 6.45) is 1.10. The van der Waals surface area contributed by atoms with Crippen LogP contribution >= 0.6 is 0 Å². The van der Waals surface area contributed by atoms with Crippen LogP contribution in [0.1, 0.15) is 6.42 Å². The van der Waals surface area contributed by atoms with Crippen molar-refractivity contribution in [2.24, 2.45) is 5.92 Å². The van der Waals surface area contributed by atoms with Crippen molar-refractivity contribution in [1.82, 2.24) is 10.3 Å². The third-order valence-corrected chi connectivity index (χ3v) is 3.19. The Kier molecular flexibility index (Phi) is 3.61. The van der Waals surface area contributed by atoms with E-state index in [-0.39, 0.29) is 11.5 Å². The highest BCUT2D eigenvalue weighted by molar-refractivity contribution is 5.58. The van der Waals surface area contributed by atoms with Gasteiger partial charge in [0.1, 0.15) is 5.82 Å². The van der Waals surface area contributed by atoms with Crippen LogP contribution < -0.4 is 16.0 Å². The van der Waals surface area contributed by atoms with Gasteiger partial charge in [-0.05, 0) is 32.0 Å². The van der Waals surface area contributed by atoms with Gasteiger partial charge >= 0.3 is 5.69 Å². The molecule has 0 radical (unpaired) electrons. The van der Waals surface area contributed by atoms with Crippen molar-refractivity contribution in [2.75, 3.05) is 37.3 Å². The third kappa shape index (κ3) is 2.51. The van der Waals surface area contributed by atoms with Crippen LogP contribution in [0.25, 0.3) is 0 Å². The maximum Gasteiger partial charge on any atom is 0.311 e. The van der Waals surface area contributed by atoms with Crippen molar-refractivity contribution in [1.29, 1.82) is 0 Å². The number of nitrogen functional groups attached to an aromatic ring is 1. The quantitative estimate of drug-likeness (QED) is 0.601. The summed E-state index contributed by atoms with van der Waals surface area (Å²) in [6.45, 7) is 2.79. The first-order chi connectivity index (χ1) is 8.61. The summed E-state index contributed by atoms with van der Waals surface area (Å²) in [5.41, 5.74) is 5.46. The first kappa shape index (κ1) is 12.6. The zero-order valence-electron chi connectivity index (χ0n) is 10.3. The summed E-state index contributed by atoms with van der Waals surface area (Å²) in [5.74, 6) is 1.29. The second-order valence-corrected chi connectivity index (χ2v) is 4.49. The minimum absolute atomic E-state index is 0.0189. The molecule has 1 aromatic rings. The van der Waals surface area contributed by atoms with Gasteiger partial charge in [-0.1, -0.05) is 0 Å². The Labute approximate surface area is 105 Å². The predicted molar refractivity (Wildman–Crippen MR) is 69.6 cm³/mol. The standard InChI is InChI=1S/C11H17N5O2/c1-13-6-8-4-5-15(7-8)10-3-2-9(16(17)18)11(12)14-10/h2-3,8,13H,4-7H2,1H3,(H2,12,14). The van der Waals surface area contributed by atoms with Crippen LogP contribution in [0.2, 0.25) is 0 Å². The average Bonchev–Trinajstić information content (AvgIpc) is 2.77. The molecule has 7 heteroatoms. The summed E-state index contributed by atoms with van der Waals surface area (Å²) < 4.78 is 0. The van der Waals surface area contributed by atoms with E-state index in [0.29, 0.717) is 5.92 Å². The lowest BCUT2D eigenvalue weighted by atomic mass is 10.1. The molecule has 7 nitrogen and oxygen atoms in total. The van der Waals surface area contributed by atoms with Crippen molar-refractivity contribution in [3.63, 3.8) is 0 Å². The molecule has 1 fully saturated rings. The second-order valence-electron chi connectivity index (χ2n) is 4.49. The molecule has 3 N–H and O–H groups in total. The van der Waals surface area contributed by atoms with Crippen molar-refractivity contribution in [2.45, 2.75) is 6.42 Å². The zero-order chi connectivity index (χ0) is 13.1. The molecule has 1 unspecified atom stereocenters.